The first kappa shape index (κ1) is 7.84. The number of benzene rings is 1. The molecule has 0 atom stereocenters. The second kappa shape index (κ2) is 3.23. The van der Waals surface area contributed by atoms with E-state index in [-0.39, 0.29) is 0 Å². The summed E-state index contributed by atoms with van der Waals surface area (Å²) in [6.07, 6.45) is 0. The fraction of sp³-hybridized carbons (Fsp3) is 0.143. The Morgan fingerprint density at radius 3 is 2.27 bits per heavy atom. The summed E-state index contributed by atoms with van der Waals surface area (Å²) in [6, 6.07) is 5.28. The third-order valence-corrected chi connectivity index (χ3v) is 1.35. The minimum atomic E-state index is 0.429. The van der Waals surface area contributed by atoms with Gasteiger partial charge in [0.05, 0.1) is 0 Å². The Kier molecular flexibility index (Phi) is 2.30. The van der Waals surface area contributed by atoms with E-state index in [4.69, 9.17) is 11.8 Å². The second-order valence-electron chi connectivity index (χ2n) is 2.19. The molecule has 60 valence electrons. The molecule has 11 heavy (non-hydrogen) atoms. The van der Waals surface area contributed by atoms with Gasteiger partial charge in [0, 0.05) is 0 Å². The van der Waals surface area contributed by atoms with E-state index < -0.39 is 0 Å². The summed E-state index contributed by atoms with van der Waals surface area (Å²) < 4.78 is 0. The highest BCUT2D eigenvalue weighted by molar-refractivity contribution is 5.42. The molecule has 0 bridgehead atoms. The maximum absolute atomic E-state index is 4.96. The Bertz CT molecular complexity index is 250. The lowest BCUT2D eigenvalue weighted by atomic mass is 10.2. The van der Waals surface area contributed by atoms with Crippen LogP contribution in [0.15, 0.2) is 18.2 Å². The van der Waals surface area contributed by atoms with Gasteiger partial charge in [-0.1, -0.05) is 6.07 Å². The van der Waals surface area contributed by atoms with Crippen LogP contribution in [0.3, 0.4) is 0 Å². The van der Waals surface area contributed by atoms with Crippen LogP contribution in [0.25, 0.3) is 0 Å². The fourth-order valence-electron chi connectivity index (χ4n) is 0.805. The monoisotopic (exact) mass is 154 g/mol. The number of rotatable bonds is 2. The van der Waals surface area contributed by atoms with Gasteiger partial charge in [0.2, 0.25) is 0 Å². The van der Waals surface area contributed by atoms with Gasteiger partial charge >= 0.3 is 0 Å². The molecule has 0 aliphatic carbocycles. The molecule has 4 heteroatoms. The minimum Gasteiger partial charge on any atom is -0.407 e. The molecule has 0 aliphatic heterocycles. The van der Waals surface area contributed by atoms with Gasteiger partial charge in [-0.25, -0.2) is 0 Å². The summed E-state index contributed by atoms with van der Waals surface area (Å²) in [6.45, 7) is 1.92. The average molecular weight is 154 g/mol. The van der Waals surface area contributed by atoms with E-state index >= 15 is 0 Å². The van der Waals surface area contributed by atoms with E-state index in [2.05, 4.69) is 9.68 Å². The molecule has 0 aromatic heterocycles. The molecule has 0 heterocycles. The molecule has 4 N–H and O–H groups in total. The first-order chi connectivity index (χ1) is 5.27. The van der Waals surface area contributed by atoms with Crippen LogP contribution in [0.2, 0.25) is 0 Å². The molecule has 4 nitrogen and oxygen atoms in total. The van der Waals surface area contributed by atoms with Crippen molar-refractivity contribution in [3.05, 3.63) is 23.8 Å². The summed E-state index contributed by atoms with van der Waals surface area (Å²) in [4.78, 5) is 9.00. The second-order valence-corrected chi connectivity index (χ2v) is 2.19. The standard InChI is InChI=1S/C7H10N2O2/c1-5-2-3-6(10-8)7(4-5)11-9/h2-4H,8-9H2,1H3. The van der Waals surface area contributed by atoms with Gasteiger partial charge in [-0.3, -0.25) is 0 Å². The third-order valence-electron chi connectivity index (χ3n) is 1.35. The molecule has 0 spiro atoms. The Balaban J connectivity index is 3.06. The molecule has 1 aromatic rings. The van der Waals surface area contributed by atoms with Gasteiger partial charge < -0.3 is 9.68 Å². The van der Waals surface area contributed by atoms with E-state index in [0.717, 1.165) is 5.56 Å². The van der Waals surface area contributed by atoms with Crippen LogP contribution < -0.4 is 21.5 Å². The van der Waals surface area contributed by atoms with Crippen LogP contribution in [0, 0.1) is 6.92 Å². The smallest absolute Gasteiger partial charge is 0.191 e. The molecule has 0 saturated heterocycles. The molecule has 0 amide bonds. The predicted molar refractivity (Wildman–Crippen MR) is 40.8 cm³/mol. The molecule has 0 unspecified atom stereocenters. The van der Waals surface area contributed by atoms with Crippen molar-refractivity contribution >= 4 is 0 Å². The SMILES string of the molecule is Cc1ccc(ON)c(ON)c1. The lowest BCUT2D eigenvalue weighted by Gasteiger charge is -2.04. The van der Waals surface area contributed by atoms with Crippen LogP contribution >= 0.6 is 0 Å². The Hall–Kier alpha value is -1.26. The van der Waals surface area contributed by atoms with Crippen molar-refractivity contribution in [2.24, 2.45) is 11.8 Å². The zero-order chi connectivity index (χ0) is 8.27. The van der Waals surface area contributed by atoms with E-state index in [1.807, 2.05) is 13.0 Å². The summed E-state index contributed by atoms with van der Waals surface area (Å²) in [5.41, 5.74) is 1.03. The number of hydrogen-bond acceptors (Lipinski definition) is 4. The number of aryl methyl sites for hydroxylation is 1. The summed E-state index contributed by atoms with van der Waals surface area (Å²) in [5.74, 6) is 10.8. The predicted octanol–water partition coefficient (Wildman–Crippen LogP) is 0.500. The number of nitrogens with two attached hydrogens (primary N) is 2. The van der Waals surface area contributed by atoms with Gasteiger partial charge in [-0.15, -0.1) is 0 Å². The van der Waals surface area contributed by atoms with Crippen LogP contribution in [-0.2, 0) is 0 Å². The van der Waals surface area contributed by atoms with Crippen molar-refractivity contribution in [2.45, 2.75) is 6.92 Å². The minimum absolute atomic E-state index is 0.429. The van der Waals surface area contributed by atoms with Gasteiger partial charge in [0.1, 0.15) is 0 Å². The first-order valence-corrected chi connectivity index (χ1v) is 3.12. The normalized spacial score (nSPS) is 9.36. The third kappa shape index (κ3) is 1.60. The van der Waals surface area contributed by atoms with E-state index in [9.17, 15) is 0 Å². The van der Waals surface area contributed by atoms with Gasteiger partial charge in [0.15, 0.2) is 11.5 Å². The van der Waals surface area contributed by atoms with Crippen molar-refractivity contribution < 1.29 is 9.68 Å². The quantitative estimate of drug-likeness (QED) is 0.608. The van der Waals surface area contributed by atoms with E-state index in [1.165, 1.54) is 0 Å². The van der Waals surface area contributed by atoms with Crippen molar-refractivity contribution in [3.8, 4) is 11.5 Å². The van der Waals surface area contributed by atoms with Gasteiger partial charge in [-0.2, -0.15) is 11.8 Å². The largest absolute Gasteiger partial charge is 0.407 e. The van der Waals surface area contributed by atoms with Crippen LogP contribution in [0.4, 0.5) is 0 Å². The average Bonchev–Trinajstić information content (AvgIpc) is 2.04. The van der Waals surface area contributed by atoms with Crippen molar-refractivity contribution in [1.82, 2.24) is 0 Å². The molecular weight excluding hydrogens is 144 g/mol. The molecule has 0 radical (unpaired) electrons. The molecule has 1 rings (SSSR count). The Morgan fingerprint density at radius 2 is 1.73 bits per heavy atom. The molecule has 0 saturated carbocycles. The number of hydrogen-bond donors (Lipinski definition) is 2. The maximum Gasteiger partial charge on any atom is 0.191 e. The van der Waals surface area contributed by atoms with Crippen LogP contribution in [0.5, 0.6) is 11.5 Å². The van der Waals surface area contributed by atoms with Crippen molar-refractivity contribution in [3.63, 3.8) is 0 Å². The Labute approximate surface area is 64.6 Å². The Morgan fingerprint density at radius 1 is 1.09 bits per heavy atom. The van der Waals surface area contributed by atoms with Gasteiger partial charge in [-0.05, 0) is 24.6 Å². The topological polar surface area (TPSA) is 70.5 Å². The van der Waals surface area contributed by atoms with Gasteiger partial charge in [0.25, 0.3) is 0 Å². The highest BCUT2D eigenvalue weighted by Crippen LogP contribution is 2.25. The molecule has 0 fully saturated rings. The lowest BCUT2D eigenvalue weighted by molar-refractivity contribution is 0.280. The zero-order valence-electron chi connectivity index (χ0n) is 6.20. The lowest BCUT2D eigenvalue weighted by Crippen LogP contribution is -2.08. The summed E-state index contributed by atoms with van der Waals surface area (Å²) in [7, 11) is 0. The van der Waals surface area contributed by atoms with Crippen molar-refractivity contribution in [2.75, 3.05) is 0 Å². The van der Waals surface area contributed by atoms with Crippen molar-refractivity contribution in [1.29, 1.82) is 0 Å². The van der Waals surface area contributed by atoms with E-state index in [1.54, 1.807) is 12.1 Å². The summed E-state index contributed by atoms with van der Waals surface area (Å²) >= 11 is 0. The molecule has 0 aliphatic rings. The zero-order valence-corrected chi connectivity index (χ0v) is 6.20. The highest BCUT2D eigenvalue weighted by atomic mass is 16.7. The maximum atomic E-state index is 4.96. The van der Waals surface area contributed by atoms with Crippen LogP contribution in [-0.4, -0.2) is 0 Å². The molecular formula is C7H10N2O2. The molecule has 1 aromatic carbocycles. The summed E-state index contributed by atoms with van der Waals surface area (Å²) in [5, 5.41) is 0. The van der Waals surface area contributed by atoms with Crippen LogP contribution in [0.1, 0.15) is 5.56 Å². The highest BCUT2D eigenvalue weighted by Gasteiger charge is 2.02. The fourth-order valence-corrected chi connectivity index (χ4v) is 0.805. The van der Waals surface area contributed by atoms with E-state index in [0.29, 0.717) is 11.5 Å². The first-order valence-electron chi connectivity index (χ1n) is 3.12.